The molecule has 0 aliphatic carbocycles. The molecule has 5 rings (SSSR count). The number of hydrogen-bond donors (Lipinski definition) is 0. The van der Waals surface area contributed by atoms with Crippen molar-refractivity contribution in [3.05, 3.63) is 71.9 Å². The molecule has 0 saturated carbocycles. The number of carbonyl (C=O) groups is 2. The summed E-state index contributed by atoms with van der Waals surface area (Å²) in [4.78, 5) is 27.2. The normalized spacial score (nSPS) is 16.9. The highest BCUT2D eigenvalue weighted by atomic mass is 32.2. The second-order valence-corrected chi connectivity index (χ2v) is 12.6. The van der Waals surface area contributed by atoms with E-state index in [1.165, 1.54) is 4.31 Å². The Hall–Kier alpha value is -4.27. The number of hydrogen-bond acceptors (Lipinski definition) is 7. The van der Waals surface area contributed by atoms with Gasteiger partial charge in [-0.15, -0.1) is 0 Å². The van der Waals surface area contributed by atoms with E-state index in [2.05, 4.69) is 6.07 Å². The van der Waals surface area contributed by atoms with Gasteiger partial charge >= 0.3 is 5.97 Å². The fourth-order valence-electron chi connectivity index (χ4n) is 5.54. The molecule has 0 unspecified atom stereocenters. The maximum Gasteiger partial charge on any atom is 0.309 e. The summed E-state index contributed by atoms with van der Waals surface area (Å²) in [6.45, 7) is 3.72. The molecule has 0 radical (unpaired) electrons. The van der Waals surface area contributed by atoms with Crippen LogP contribution in [-0.2, 0) is 24.3 Å². The summed E-state index contributed by atoms with van der Waals surface area (Å²) in [6.07, 6.45) is 6.96. The lowest BCUT2D eigenvalue weighted by Crippen LogP contribution is -2.40. The number of esters is 1. The van der Waals surface area contributed by atoms with E-state index in [1.807, 2.05) is 30.3 Å². The third-order valence-corrected chi connectivity index (χ3v) is 9.77. The summed E-state index contributed by atoms with van der Waals surface area (Å²) in [5.41, 5.74) is 2.28. The van der Waals surface area contributed by atoms with Crippen LogP contribution in [0.4, 0.5) is 0 Å². The number of ether oxygens (including phenoxy) is 1. The number of rotatable bonds is 8. The van der Waals surface area contributed by atoms with Crippen LogP contribution in [0, 0.1) is 17.2 Å². The molecule has 10 nitrogen and oxygen atoms in total. The van der Waals surface area contributed by atoms with E-state index < -0.39 is 10.0 Å². The number of aromatic nitrogens is 2. The van der Waals surface area contributed by atoms with Crippen LogP contribution in [0.5, 0.6) is 0 Å². The third kappa shape index (κ3) is 6.71. The number of sulfonamides is 1. The van der Waals surface area contributed by atoms with E-state index in [-0.39, 0.29) is 41.4 Å². The van der Waals surface area contributed by atoms with Gasteiger partial charge < -0.3 is 9.64 Å². The van der Waals surface area contributed by atoms with E-state index >= 15 is 0 Å². The van der Waals surface area contributed by atoms with Crippen molar-refractivity contribution in [3.63, 3.8) is 0 Å². The monoisotopic (exact) mass is 601 g/mol. The van der Waals surface area contributed by atoms with Gasteiger partial charge in [-0.2, -0.15) is 14.7 Å². The molecule has 0 spiro atoms. The second kappa shape index (κ2) is 13.4. The van der Waals surface area contributed by atoms with Crippen molar-refractivity contribution in [2.45, 2.75) is 43.9 Å². The van der Waals surface area contributed by atoms with Crippen LogP contribution < -0.4 is 0 Å². The number of nitrogens with zero attached hydrogens (tertiary/aromatic N) is 5. The van der Waals surface area contributed by atoms with Gasteiger partial charge in [0.15, 0.2) is 0 Å². The molecule has 1 amide bonds. The lowest BCUT2D eigenvalue weighted by atomic mass is 9.98. The Balaban J connectivity index is 1.48. The quantitative estimate of drug-likeness (QED) is 0.213. The van der Waals surface area contributed by atoms with Crippen molar-refractivity contribution in [2.75, 3.05) is 32.8 Å². The van der Waals surface area contributed by atoms with Gasteiger partial charge in [0.25, 0.3) is 5.91 Å². The molecule has 3 aromatic rings. The van der Waals surface area contributed by atoms with Crippen LogP contribution in [-0.4, -0.2) is 72.1 Å². The summed E-state index contributed by atoms with van der Waals surface area (Å²) >= 11 is 0. The highest BCUT2D eigenvalue weighted by Crippen LogP contribution is 2.30. The smallest absolute Gasteiger partial charge is 0.309 e. The van der Waals surface area contributed by atoms with E-state index in [0.717, 1.165) is 24.9 Å². The predicted octanol–water partition coefficient (Wildman–Crippen LogP) is 4.42. The standard InChI is InChI=1S/C32H35N5O5S/c1-2-42-32(39)24-14-18-36(19-15-24)43(40,41)29-13-9-10-25(21-29)30-27(23-37(34-30)28-11-5-3-6-12-28)20-26(22-33)31(38)35-16-7-4-8-17-35/h3,5-6,9-13,20-21,23-24H,2,4,7-8,14-19H2,1H3. The van der Waals surface area contributed by atoms with Crippen LogP contribution in [0.15, 0.2) is 71.3 Å². The summed E-state index contributed by atoms with van der Waals surface area (Å²) in [6, 6.07) is 18.0. The van der Waals surface area contributed by atoms with E-state index in [9.17, 15) is 23.3 Å². The van der Waals surface area contributed by atoms with Crippen LogP contribution in [0.3, 0.4) is 0 Å². The van der Waals surface area contributed by atoms with Gasteiger partial charge in [0.1, 0.15) is 17.3 Å². The molecule has 2 aliphatic rings. The SMILES string of the molecule is CCOC(=O)C1CCN(S(=O)(=O)c2cccc(-c3nn(-c4ccccc4)cc3C=C(C#N)C(=O)N3CCCCC3)c2)CC1. The molecule has 0 bridgehead atoms. The molecule has 43 heavy (non-hydrogen) atoms. The highest BCUT2D eigenvalue weighted by molar-refractivity contribution is 7.89. The van der Waals surface area contributed by atoms with E-state index in [1.54, 1.807) is 53.0 Å². The highest BCUT2D eigenvalue weighted by Gasteiger charge is 2.33. The van der Waals surface area contributed by atoms with Crippen LogP contribution in [0.2, 0.25) is 0 Å². The maximum absolute atomic E-state index is 13.7. The fourth-order valence-corrected chi connectivity index (χ4v) is 7.06. The van der Waals surface area contributed by atoms with Gasteiger partial charge in [0.05, 0.1) is 23.1 Å². The molecule has 3 heterocycles. The number of nitriles is 1. The first kappa shape index (κ1) is 30.2. The molecule has 0 atom stereocenters. The third-order valence-electron chi connectivity index (χ3n) is 7.88. The van der Waals surface area contributed by atoms with Gasteiger partial charge in [-0.25, -0.2) is 13.1 Å². The molecule has 2 aromatic carbocycles. The molecular formula is C32H35N5O5S. The Morgan fingerprint density at radius 2 is 1.74 bits per heavy atom. The fraction of sp³-hybridized carbons (Fsp3) is 0.375. The Kier molecular flexibility index (Phi) is 9.38. The largest absolute Gasteiger partial charge is 0.466 e. The molecular weight excluding hydrogens is 566 g/mol. The van der Waals surface area contributed by atoms with E-state index in [4.69, 9.17) is 9.84 Å². The summed E-state index contributed by atoms with van der Waals surface area (Å²) in [5, 5.41) is 14.7. The number of likely N-dealkylation sites (tertiary alicyclic amines) is 1. The second-order valence-electron chi connectivity index (χ2n) is 10.7. The minimum absolute atomic E-state index is 0.00371. The summed E-state index contributed by atoms with van der Waals surface area (Å²) < 4.78 is 35.5. The topological polar surface area (TPSA) is 126 Å². The Morgan fingerprint density at radius 3 is 2.42 bits per heavy atom. The van der Waals surface area contributed by atoms with Crippen molar-refractivity contribution in [1.82, 2.24) is 19.0 Å². The Morgan fingerprint density at radius 1 is 1.02 bits per heavy atom. The summed E-state index contributed by atoms with van der Waals surface area (Å²) in [7, 11) is -3.85. The zero-order chi connectivity index (χ0) is 30.4. The molecule has 224 valence electrons. The lowest BCUT2D eigenvalue weighted by Gasteiger charge is -2.30. The van der Waals surface area contributed by atoms with Crippen molar-refractivity contribution in [3.8, 4) is 23.0 Å². The first-order chi connectivity index (χ1) is 20.8. The molecule has 2 aliphatic heterocycles. The van der Waals surface area contributed by atoms with Gasteiger partial charge in [0, 0.05) is 43.5 Å². The minimum atomic E-state index is -3.85. The summed E-state index contributed by atoms with van der Waals surface area (Å²) in [5.74, 6) is -0.911. The molecule has 1 aromatic heterocycles. The van der Waals surface area contributed by atoms with Gasteiger partial charge in [-0.3, -0.25) is 9.59 Å². The number of benzene rings is 2. The minimum Gasteiger partial charge on any atom is -0.466 e. The lowest BCUT2D eigenvalue weighted by molar-refractivity contribution is -0.149. The van der Waals surface area contributed by atoms with Gasteiger partial charge in [-0.1, -0.05) is 30.3 Å². The van der Waals surface area contributed by atoms with Crippen LogP contribution in [0.1, 0.15) is 44.6 Å². The Bertz CT molecular complexity index is 1640. The van der Waals surface area contributed by atoms with Crippen LogP contribution >= 0.6 is 0 Å². The number of piperidine rings is 2. The van der Waals surface area contributed by atoms with Crippen molar-refractivity contribution in [2.24, 2.45) is 5.92 Å². The predicted molar refractivity (Wildman–Crippen MR) is 161 cm³/mol. The van der Waals surface area contributed by atoms with Crippen molar-refractivity contribution in [1.29, 1.82) is 5.26 Å². The zero-order valence-electron chi connectivity index (χ0n) is 24.2. The molecule has 2 saturated heterocycles. The zero-order valence-corrected chi connectivity index (χ0v) is 25.0. The van der Waals surface area contributed by atoms with Crippen molar-refractivity contribution < 1.29 is 22.7 Å². The molecule has 11 heteroatoms. The first-order valence-electron chi connectivity index (χ1n) is 14.6. The van der Waals surface area contributed by atoms with Crippen LogP contribution in [0.25, 0.3) is 23.0 Å². The average Bonchev–Trinajstić information content (AvgIpc) is 3.48. The average molecular weight is 602 g/mol. The van der Waals surface area contributed by atoms with Crippen molar-refractivity contribution >= 4 is 28.0 Å². The maximum atomic E-state index is 13.7. The number of amides is 1. The molecule has 2 fully saturated rings. The van der Waals surface area contributed by atoms with Gasteiger partial charge in [-0.05, 0) is 69.4 Å². The number of carbonyl (C=O) groups excluding carboxylic acids is 2. The number of para-hydroxylation sites is 1. The first-order valence-corrected chi connectivity index (χ1v) is 16.1. The van der Waals surface area contributed by atoms with E-state index in [0.29, 0.717) is 49.4 Å². The Labute approximate surface area is 252 Å². The molecule has 0 N–H and O–H groups in total. The van der Waals surface area contributed by atoms with Gasteiger partial charge in [0.2, 0.25) is 10.0 Å².